The number of benzene rings is 1. The van der Waals surface area contributed by atoms with E-state index < -0.39 is 12.0 Å². The molecule has 0 amide bonds. The van der Waals surface area contributed by atoms with E-state index in [9.17, 15) is 9.59 Å². The number of thiazole rings is 1. The minimum absolute atomic E-state index is 0.176. The summed E-state index contributed by atoms with van der Waals surface area (Å²) in [6.45, 7) is 6.36. The average molecular weight is 706 g/mol. The van der Waals surface area contributed by atoms with E-state index in [0.717, 1.165) is 23.3 Å². The van der Waals surface area contributed by atoms with Gasteiger partial charge in [0.05, 0.1) is 36.2 Å². The SMILES string of the molecule is CCOC(=O)C1=C(C)N=c2s/c(=C\c3cc(I)c(OCC)c(I)c3)c(=O)n2[C@@H]1c1cccs1. The minimum atomic E-state index is -0.553. The summed E-state index contributed by atoms with van der Waals surface area (Å²) >= 11 is 7.32. The first-order valence-corrected chi connectivity index (χ1v) is 14.1. The van der Waals surface area contributed by atoms with Gasteiger partial charge in [0, 0.05) is 4.88 Å². The Bertz CT molecular complexity index is 1400. The van der Waals surface area contributed by atoms with Gasteiger partial charge in [-0.15, -0.1) is 11.3 Å². The molecule has 0 fully saturated rings. The molecule has 4 rings (SSSR count). The molecule has 0 unspecified atom stereocenters. The topological polar surface area (TPSA) is 69.9 Å². The normalized spacial score (nSPS) is 15.9. The summed E-state index contributed by atoms with van der Waals surface area (Å²) < 4.78 is 15.2. The Morgan fingerprint density at radius 2 is 1.97 bits per heavy atom. The Labute approximate surface area is 225 Å². The summed E-state index contributed by atoms with van der Waals surface area (Å²) in [5.74, 6) is 0.409. The second-order valence-corrected chi connectivity index (χ2v) is 11.4. The van der Waals surface area contributed by atoms with Crippen LogP contribution in [0.4, 0.5) is 0 Å². The molecule has 10 heteroatoms. The number of thiophene rings is 1. The van der Waals surface area contributed by atoms with E-state index in [2.05, 4.69) is 50.2 Å². The lowest BCUT2D eigenvalue weighted by atomic mass is 10.0. The van der Waals surface area contributed by atoms with Gasteiger partial charge in [0.25, 0.3) is 5.56 Å². The Morgan fingerprint density at radius 3 is 2.58 bits per heavy atom. The summed E-state index contributed by atoms with van der Waals surface area (Å²) in [6.07, 6.45) is 1.87. The Kier molecular flexibility index (Phi) is 7.76. The highest BCUT2D eigenvalue weighted by Crippen LogP contribution is 2.33. The molecule has 0 bridgehead atoms. The van der Waals surface area contributed by atoms with Gasteiger partial charge >= 0.3 is 5.97 Å². The Balaban J connectivity index is 1.89. The number of hydrogen-bond donors (Lipinski definition) is 0. The first-order chi connectivity index (χ1) is 15.8. The average Bonchev–Trinajstić information content (AvgIpc) is 3.39. The van der Waals surface area contributed by atoms with Gasteiger partial charge in [-0.1, -0.05) is 17.4 Å². The van der Waals surface area contributed by atoms with Gasteiger partial charge in [0.2, 0.25) is 0 Å². The largest absolute Gasteiger partial charge is 0.492 e. The molecule has 0 aliphatic carbocycles. The van der Waals surface area contributed by atoms with E-state index in [1.54, 1.807) is 18.4 Å². The minimum Gasteiger partial charge on any atom is -0.492 e. The summed E-state index contributed by atoms with van der Waals surface area (Å²) in [5, 5.41) is 1.94. The molecule has 0 spiro atoms. The van der Waals surface area contributed by atoms with Crippen LogP contribution >= 0.6 is 67.9 Å². The van der Waals surface area contributed by atoms with Gasteiger partial charge in [-0.25, -0.2) is 9.79 Å². The first-order valence-electron chi connectivity index (χ1n) is 10.2. The maximum Gasteiger partial charge on any atom is 0.338 e. The van der Waals surface area contributed by atoms with Crippen molar-refractivity contribution >= 4 is 79.9 Å². The third-order valence-electron chi connectivity index (χ3n) is 4.94. The lowest BCUT2D eigenvalue weighted by Crippen LogP contribution is -2.39. The Hall–Kier alpha value is -1.51. The van der Waals surface area contributed by atoms with Gasteiger partial charge in [-0.05, 0) is 101 Å². The van der Waals surface area contributed by atoms with Crippen LogP contribution in [-0.4, -0.2) is 23.8 Å². The number of nitrogens with zero attached hydrogens (tertiary/aromatic N) is 2. The molecule has 0 saturated carbocycles. The van der Waals surface area contributed by atoms with E-state index in [4.69, 9.17) is 9.47 Å². The predicted octanol–water partition coefficient (Wildman–Crippen LogP) is 4.47. The zero-order valence-corrected chi connectivity index (χ0v) is 24.0. The van der Waals surface area contributed by atoms with Crippen LogP contribution in [0.1, 0.15) is 37.3 Å². The number of esters is 1. The van der Waals surface area contributed by atoms with Crippen molar-refractivity contribution in [2.24, 2.45) is 4.99 Å². The molecular weight excluding hydrogens is 686 g/mol. The molecule has 1 atom stereocenters. The molecule has 3 heterocycles. The van der Waals surface area contributed by atoms with Gasteiger partial charge < -0.3 is 9.47 Å². The highest BCUT2D eigenvalue weighted by atomic mass is 127. The summed E-state index contributed by atoms with van der Waals surface area (Å²) in [6, 6.07) is 7.29. The van der Waals surface area contributed by atoms with Crippen LogP contribution in [0.3, 0.4) is 0 Å². The number of hydrogen-bond acceptors (Lipinski definition) is 7. The molecule has 6 nitrogen and oxygen atoms in total. The molecule has 1 aromatic carbocycles. The quantitative estimate of drug-likeness (QED) is 0.281. The van der Waals surface area contributed by atoms with E-state index in [-0.39, 0.29) is 12.2 Å². The van der Waals surface area contributed by atoms with E-state index in [1.165, 1.54) is 22.7 Å². The number of aromatic nitrogens is 1. The number of halogens is 2. The molecule has 172 valence electrons. The monoisotopic (exact) mass is 706 g/mol. The zero-order valence-electron chi connectivity index (χ0n) is 18.1. The number of rotatable bonds is 6. The molecule has 1 aliphatic heterocycles. The van der Waals surface area contributed by atoms with Crippen LogP contribution < -0.4 is 19.6 Å². The second kappa shape index (κ2) is 10.4. The number of carbonyl (C=O) groups excluding carboxylic acids is 1. The van der Waals surface area contributed by atoms with Crippen molar-refractivity contribution in [3.63, 3.8) is 0 Å². The molecule has 2 aromatic heterocycles. The molecule has 0 N–H and O–H groups in total. The van der Waals surface area contributed by atoms with E-state index >= 15 is 0 Å². The highest BCUT2D eigenvalue weighted by molar-refractivity contribution is 14.1. The van der Waals surface area contributed by atoms with Crippen molar-refractivity contribution in [3.8, 4) is 5.75 Å². The fourth-order valence-corrected chi connectivity index (χ4v) is 7.60. The maximum absolute atomic E-state index is 13.6. The summed E-state index contributed by atoms with van der Waals surface area (Å²) in [5.41, 5.74) is 1.71. The number of ether oxygens (including phenoxy) is 2. The van der Waals surface area contributed by atoms with Crippen molar-refractivity contribution in [1.82, 2.24) is 4.57 Å². The van der Waals surface area contributed by atoms with Gasteiger partial charge in [0.15, 0.2) is 4.80 Å². The van der Waals surface area contributed by atoms with Crippen LogP contribution in [-0.2, 0) is 9.53 Å². The van der Waals surface area contributed by atoms with Crippen LogP contribution in [0.2, 0.25) is 0 Å². The number of allylic oxidation sites excluding steroid dienone is 1. The fraction of sp³-hybridized carbons (Fsp3) is 0.261. The molecule has 0 saturated heterocycles. The third kappa shape index (κ3) is 4.84. The fourth-order valence-electron chi connectivity index (χ4n) is 3.60. The van der Waals surface area contributed by atoms with Crippen molar-refractivity contribution in [3.05, 3.63) is 78.2 Å². The highest BCUT2D eigenvalue weighted by Gasteiger charge is 2.33. The molecule has 33 heavy (non-hydrogen) atoms. The van der Waals surface area contributed by atoms with E-state index in [0.29, 0.717) is 27.2 Å². The van der Waals surface area contributed by atoms with Crippen LogP contribution in [0.25, 0.3) is 6.08 Å². The van der Waals surface area contributed by atoms with Crippen LogP contribution in [0.15, 0.2) is 50.7 Å². The first kappa shape index (κ1) is 24.6. The molecular formula is C23H20I2N2O4S2. The zero-order chi connectivity index (χ0) is 23.7. The van der Waals surface area contributed by atoms with Gasteiger partial charge in [-0.3, -0.25) is 9.36 Å². The second-order valence-electron chi connectivity index (χ2n) is 7.06. The third-order valence-corrected chi connectivity index (χ3v) is 8.45. The van der Waals surface area contributed by atoms with Crippen molar-refractivity contribution in [2.45, 2.75) is 26.8 Å². The summed E-state index contributed by atoms with van der Waals surface area (Å²) in [4.78, 5) is 32.5. The Morgan fingerprint density at radius 1 is 1.24 bits per heavy atom. The van der Waals surface area contributed by atoms with Crippen LogP contribution in [0.5, 0.6) is 5.75 Å². The lowest BCUT2D eigenvalue weighted by Gasteiger charge is -2.23. The standard InChI is InChI=1S/C23H20I2N2O4S2/c1-4-30-20-14(24)9-13(10-15(20)25)11-17-21(28)27-19(16-7-6-8-32-16)18(22(29)31-5-2)12(3)26-23(27)33-17/h6-11,19H,4-5H2,1-3H3/b17-11-/t19-/m1/s1. The molecule has 3 aromatic rings. The van der Waals surface area contributed by atoms with Crippen molar-refractivity contribution in [1.29, 1.82) is 0 Å². The van der Waals surface area contributed by atoms with Crippen LogP contribution in [0, 0.1) is 7.14 Å². The number of carbonyl (C=O) groups is 1. The van der Waals surface area contributed by atoms with Crippen molar-refractivity contribution < 1.29 is 14.3 Å². The van der Waals surface area contributed by atoms with Gasteiger partial charge in [0.1, 0.15) is 11.8 Å². The lowest BCUT2D eigenvalue weighted by molar-refractivity contribution is -0.139. The predicted molar refractivity (Wildman–Crippen MR) is 148 cm³/mol. The van der Waals surface area contributed by atoms with Crippen molar-refractivity contribution in [2.75, 3.05) is 13.2 Å². The number of fused-ring (bicyclic) bond motifs is 1. The smallest absolute Gasteiger partial charge is 0.338 e. The van der Waals surface area contributed by atoms with Gasteiger partial charge in [-0.2, -0.15) is 0 Å². The molecule has 0 radical (unpaired) electrons. The summed E-state index contributed by atoms with van der Waals surface area (Å²) in [7, 11) is 0. The maximum atomic E-state index is 13.6. The molecule has 1 aliphatic rings. The van der Waals surface area contributed by atoms with E-state index in [1.807, 2.05) is 42.6 Å².